The van der Waals surface area contributed by atoms with E-state index < -0.39 is 0 Å². The molecule has 0 saturated carbocycles. The van der Waals surface area contributed by atoms with E-state index in [9.17, 15) is 0 Å². The van der Waals surface area contributed by atoms with E-state index in [1.165, 1.54) is 6.20 Å². The highest BCUT2D eigenvalue weighted by molar-refractivity contribution is 6.30. The minimum absolute atomic E-state index is 0.243. The zero-order chi connectivity index (χ0) is 13.8. The van der Waals surface area contributed by atoms with Gasteiger partial charge in [-0.2, -0.15) is 0 Å². The van der Waals surface area contributed by atoms with Crippen LogP contribution >= 0.6 is 11.6 Å². The molecule has 2 rings (SSSR count). The lowest BCUT2D eigenvalue weighted by Crippen LogP contribution is -2.07. The van der Waals surface area contributed by atoms with Crippen LogP contribution in [0.2, 0.25) is 5.02 Å². The van der Waals surface area contributed by atoms with Crippen LogP contribution in [0.1, 0.15) is 31.3 Å². The van der Waals surface area contributed by atoms with Crippen LogP contribution < -0.4 is 10.5 Å². The fraction of sp³-hybridized carbons (Fsp3) is 0.308. The van der Waals surface area contributed by atoms with Crippen LogP contribution in [0, 0.1) is 0 Å². The molecular weight excluding hydrogens is 264 g/mol. The second-order valence-corrected chi connectivity index (χ2v) is 4.78. The Kier molecular flexibility index (Phi) is 4.29. The van der Waals surface area contributed by atoms with Crippen molar-refractivity contribution in [3.8, 4) is 11.5 Å². The molecule has 0 unspecified atom stereocenters. The molecule has 0 saturated heterocycles. The maximum atomic E-state index is 5.85. The Bertz CT molecular complexity index is 574. The minimum Gasteiger partial charge on any atom is -0.452 e. The minimum atomic E-state index is 0.243. The first-order valence-corrected chi connectivity index (χ1v) is 6.32. The summed E-state index contributed by atoms with van der Waals surface area (Å²) in [4.78, 5) is 12.6. The highest BCUT2D eigenvalue weighted by Gasteiger charge is 2.10. The van der Waals surface area contributed by atoms with Gasteiger partial charge in [0.15, 0.2) is 5.75 Å². The van der Waals surface area contributed by atoms with Gasteiger partial charge in [0.05, 0.1) is 17.4 Å². The summed E-state index contributed by atoms with van der Waals surface area (Å²) in [6, 6.07) is 1.67. The van der Waals surface area contributed by atoms with E-state index in [1.54, 1.807) is 18.5 Å². The Hall–Kier alpha value is -1.72. The standard InChI is InChI=1S/C13H15ClN4O/c1-8(2)13-17-7-12(11(4-15)18-13)19-10-3-9(14)5-16-6-10/h3,5-8H,4,15H2,1-2H3. The molecule has 2 heterocycles. The Morgan fingerprint density at radius 1 is 1.32 bits per heavy atom. The summed E-state index contributed by atoms with van der Waals surface area (Å²) in [7, 11) is 0. The van der Waals surface area contributed by atoms with Crippen LogP contribution in [0.5, 0.6) is 11.5 Å². The first-order valence-electron chi connectivity index (χ1n) is 5.94. The topological polar surface area (TPSA) is 73.9 Å². The highest BCUT2D eigenvalue weighted by Crippen LogP contribution is 2.25. The summed E-state index contributed by atoms with van der Waals surface area (Å²) in [5.74, 6) is 2.04. The van der Waals surface area contributed by atoms with Crippen molar-refractivity contribution >= 4 is 11.6 Å². The molecule has 0 atom stereocenters. The normalized spacial score (nSPS) is 10.8. The molecule has 0 aliphatic carbocycles. The number of hydrogen-bond acceptors (Lipinski definition) is 5. The second kappa shape index (κ2) is 5.95. The Morgan fingerprint density at radius 2 is 2.11 bits per heavy atom. The van der Waals surface area contributed by atoms with E-state index in [1.807, 2.05) is 13.8 Å². The van der Waals surface area contributed by atoms with Gasteiger partial charge in [-0.25, -0.2) is 9.97 Å². The first kappa shape index (κ1) is 13.7. The zero-order valence-corrected chi connectivity index (χ0v) is 11.6. The summed E-state index contributed by atoms with van der Waals surface area (Å²) >= 11 is 5.85. The summed E-state index contributed by atoms with van der Waals surface area (Å²) in [6.45, 7) is 4.33. The van der Waals surface area contributed by atoms with Crippen LogP contribution in [0.3, 0.4) is 0 Å². The molecule has 2 aromatic heterocycles. The maximum absolute atomic E-state index is 5.85. The van der Waals surface area contributed by atoms with E-state index in [0.717, 1.165) is 5.82 Å². The molecule has 0 amide bonds. The van der Waals surface area contributed by atoms with Crippen molar-refractivity contribution in [2.24, 2.45) is 5.73 Å². The van der Waals surface area contributed by atoms with E-state index >= 15 is 0 Å². The summed E-state index contributed by atoms with van der Waals surface area (Å²) in [5.41, 5.74) is 6.36. The maximum Gasteiger partial charge on any atom is 0.168 e. The number of ether oxygens (including phenoxy) is 1. The van der Waals surface area contributed by atoms with Gasteiger partial charge in [-0.05, 0) is 0 Å². The zero-order valence-electron chi connectivity index (χ0n) is 10.8. The average Bonchev–Trinajstić information content (AvgIpc) is 2.39. The molecule has 6 heteroatoms. The summed E-state index contributed by atoms with van der Waals surface area (Å²) in [5, 5.41) is 0.506. The van der Waals surface area contributed by atoms with Gasteiger partial charge in [0.1, 0.15) is 17.3 Å². The Labute approximate surface area is 116 Å². The monoisotopic (exact) mass is 278 g/mol. The van der Waals surface area contributed by atoms with Gasteiger partial charge in [-0.15, -0.1) is 0 Å². The van der Waals surface area contributed by atoms with Crippen molar-refractivity contribution in [2.75, 3.05) is 0 Å². The molecule has 100 valence electrons. The quantitative estimate of drug-likeness (QED) is 0.931. The van der Waals surface area contributed by atoms with Crippen LogP contribution in [0.4, 0.5) is 0 Å². The smallest absolute Gasteiger partial charge is 0.168 e. The predicted molar refractivity (Wildman–Crippen MR) is 73.3 cm³/mol. The van der Waals surface area contributed by atoms with Crippen molar-refractivity contribution < 1.29 is 4.74 Å². The van der Waals surface area contributed by atoms with Gasteiger partial charge in [0.2, 0.25) is 0 Å². The number of halogens is 1. The van der Waals surface area contributed by atoms with Crippen molar-refractivity contribution in [2.45, 2.75) is 26.3 Å². The van der Waals surface area contributed by atoms with Crippen LogP contribution in [0.25, 0.3) is 0 Å². The lowest BCUT2D eigenvalue weighted by atomic mass is 10.2. The third kappa shape index (κ3) is 3.39. The van der Waals surface area contributed by atoms with E-state index in [-0.39, 0.29) is 12.5 Å². The number of nitrogens with two attached hydrogens (primary N) is 1. The predicted octanol–water partition coefficient (Wildman–Crippen LogP) is 2.90. The van der Waals surface area contributed by atoms with Gasteiger partial charge in [0, 0.05) is 24.7 Å². The Balaban J connectivity index is 2.29. The van der Waals surface area contributed by atoms with Crippen molar-refractivity contribution in [1.82, 2.24) is 15.0 Å². The third-order valence-electron chi connectivity index (χ3n) is 2.47. The van der Waals surface area contributed by atoms with E-state index in [0.29, 0.717) is 22.2 Å². The Morgan fingerprint density at radius 3 is 2.74 bits per heavy atom. The molecule has 0 radical (unpaired) electrons. The largest absolute Gasteiger partial charge is 0.452 e. The van der Waals surface area contributed by atoms with E-state index in [4.69, 9.17) is 22.1 Å². The molecule has 0 bridgehead atoms. The van der Waals surface area contributed by atoms with Gasteiger partial charge in [-0.1, -0.05) is 25.4 Å². The van der Waals surface area contributed by atoms with E-state index in [2.05, 4.69) is 15.0 Å². The second-order valence-electron chi connectivity index (χ2n) is 4.34. The molecule has 0 aromatic carbocycles. The molecule has 5 nitrogen and oxygen atoms in total. The average molecular weight is 279 g/mol. The molecule has 2 N–H and O–H groups in total. The fourth-order valence-electron chi connectivity index (χ4n) is 1.51. The first-order chi connectivity index (χ1) is 9.10. The lowest BCUT2D eigenvalue weighted by Gasteiger charge is -2.11. The van der Waals surface area contributed by atoms with Crippen LogP contribution in [-0.4, -0.2) is 15.0 Å². The van der Waals surface area contributed by atoms with Gasteiger partial charge in [0.25, 0.3) is 0 Å². The van der Waals surface area contributed by atoms with Gasteiger partial charge >= 0.3 is 0 Å². The van der Waals surface area contributed by atoms with Crippen molar-refractivity contribution in [3.05, 3.63) is 41.2 Å². The number of nitrogens with zero attached hydrogens (tertiary/aromatic N) is 3. The van der Waals surface area contributed by atoms with Crippen LogP contribution in [-0.2, 0) is 6.54 Å². The summed E-state index contributed by atoms with van der Waals surface area (Å²) < 4.78 is 5.66. The highest BCUT2D eigenvalue weighted by atomic mass is 35.5. The third-order valence-corrected chi connectivity index (χ3v) is 2.67. The van der Waals surface area contributed by atoms with Crippen molar-refractivity contribution in [3.63, 3.8) is 0 Å². The molecule has 0 aliphatic heterocycles. The number of pyridine rings is 1. The number of aromatic nitrogens is 3. The lowest BCUT2D eigenvalue weighted by molar-refractivity contribution is 0.465. The molecule has 2 aromatic rings. The molecule has 19 heavy (non-hydrogen) atoms. The number of hydrogen-bond donors (Lipinski definition) is 1. The molecular formula is C13H15ClN4O. The molecule has 0 spiro atoms. The number of rotatable bonds is 4. The van der Waals surface area contributed by atoms with Crippen LogP contribution in [0.15, 0.2) is 24.7 Å². The van der Waals surface area contributed by atoms with Gasteiger partial charge in [-0.3, -0.25) is 4.98 Å². The summed E-state index contributed by atoms with van der Waals surface area (Å²) in [6.07, 6.45) is 4.74. The fourth-order valence-corrected chi connectivity index (χ4v) is 1.67. The van der Waals surface area contributed by atoms with Crippen molar-refractivity contribution in [1.29, 1.82) is 0 Å². The SMILES string of the molecule is CC(C)c1ncc(Oc2cncc(Cl)c2)c(CN)n1. The molecule has 0 fully saturated rings. The molecule has 0 aliphatic rings. The van der Waals surface area contributed by atoms with Gasteiger partial charge < -0.3 is 10.5 Å².